The van der Waals surface area contributed by atoms with Crippen molar-refractivity contribution in [1.82, 2.24) is 14.9 Å². The molecule has 0 atom stereocenters. The van der Waals surface area contributed by atoms with E-state index in [0.29, 0.717) is 29.8 Å². The van der Waals surface area contributed by atoms with Gasteiger partial charge in [0.1, 0.15) is 17.5 Å². The summed E-state index contributed by atoms with van der Waals surface area (Å²) in [5, 5.41) is 3.65. The number of nitrogens with zero attached hydrogens (tertiary/aromatic N) is 2. The fraction of sp³-hybridized carbons (Fsp3) is 0.632. The first-order chi connectivity index (χ1) is 12.1. The largest absolute Gasteiger partial charge is 0.443 e. The number of hydrogen-bond acceptors (Lipinski definition) is 4. The van der Waals surface area contributed by atoms with Crippen molar-refractivity contribution in [3.8, 4) is 0 Å². The van der Waals surface area contributed by atoms with E-state index in [1.165, 1.54) is 43.0 Å². The van der Waals surface area contributed by atoms with E-state index in [9.17, 15) is 9.59 Å². The zero-order chi connectivity index (χ0) is 17.8. The van der Waals surface area contributed by atoms with E-state index in [-0.39, 0.29) is 17.5 Å². The third-order valence-corrected chi connectivity index (χ3v) is 5.21. The molecule has 0 bridgehead atoms. The van der Waals surface area contributed by atoms with Crippen molar-refractivity contribution in [3.63, 3.8) is 0 Å². The minimum Gasteiger partial charge on any atom is -0.443 e. The molecule has 0 spiro atoms. The molecular formula is C19H27N3O3. The Morgan fingerprint density at radius 3 is 2.64 bits per heavy atom. The molecule has 1 N–H and O–H groups in total. The van der Waals surface area contributed by atoms with Crippen molar-refractivity contribution in [3.05, 3.63) is 28.0 Å². The first-order valence-corrected chi connectivity index (χ1v) is 9.31. The summed E-state index contributed by atoms with van der Waals surface area (Å²) in [7, 11) is 0. The molecule has 0 unspecified atom stereocenters. The number of aromatic nitrogens is 2. The fourth-order valence-corrected chi connectivity index (χ4v) is 3.55. The fourth-order valence-electron chi connectivity index (χ4n) is 3.55. The predicted molar refractivity (Wildman–Crippen MR) is 96.6 cm³/mol. The number of rotatable bonds is 4. The Morgan fingerprint density at radius 1 is 1.24 bits per heavy atom. The molecule has 1 aliphatic rings. The van der Waals surface area contributed by atoms with E-state index in [0.717, 1.165) is 18.4 Å². The molecule has 1 saturated carbocycles. The highest BCUT2D eigenvalue weighted by Crippen LogP contribution is 2.19. The maximum Gasteiger partial charge on any atom is 0.264 e. The van der Waals surface area contributed by atoms with Crippen LogP contribution >= 0.6 is 0 Å². The molecule has 3 rings (SSSR count). The quantitative estimate of drug-likeness (QED) is 0.923. The summed E-state index contributed by atoms with van der Waals surface area (Å²) in [5.74, 6) is 0.719. The van der Waals surface area contributed by atoms with Gasteiger partial charge in [0.05, 0.1) is 0 Å². The zero-order valence-electron chi connectivity index (χ0n) is 15.1. The lowest BCUT2D eigenvalue weighted by atomic mass is 9.96. The number of fused-ring (bicyclic) bond motifs is 1. The van der Waals surface area contributed by atoms with Crippen LogP contribution in [0.2, 0.25) is 0 Å². The molecule has 2 aromatic rings. The summed E-state index contributed by atoms with van der Waals surface area (Å²) in [6, 6.07) is 0.281. The number of nitrogens with one attached hydrogen (secondary N) is 1. The first kappa shape index (κ1) is 17.7. The van der Waals surface area contributed by atoms with Crippen LogP contribution in [0.15, 0.2) is 15.5 Å². The highest BCUT2D eigenvalue weighted by atomic mass is 16.3. The Balaban J connectivity index is 1.62. The van der Waals surface area contributed by atoms with Gasteiger partial charge in [-0.05, 0) is 26.7 Å². The van der Waals surface area contributed by atoms with Crippen LogP contribution in [0.5, 0.6) is 0 Å². The van der Waals surface area contributed by atoms with Crippen LogP contribution in [0.4, 0.5) is 0 Å². The van der Waals surface area contributed by atoms with Gasteiger partial charge in [0.2, 0.25) is 11.6 Å². The van der Waals surface area contributed by atoms with Crippen LogP contribution in [0, 0.1) is 13.8 Å². The molecule has 1 amide bonds. The molecule has 0 aromatic carbocycles. The number of furan rings is 1. The third-order valence-electron chi connectivity index (χ3n) is 5.21. The summed E-state index contributed by atoms with van der Waals surface area (Å²) in [4.78, 5) is 29.0. The topological polar surface area (TPSA) is 77.1 Å². The molecule has 0 radical (unpaired) electrons. The van der Waals surface area contributed by atoms with Gasteiger partial charge in [-0.1, -0.05) is 32.1 Å². The van der Waals surface area contributed by atoms with Gasteiger partial charge in [-0.25, -0.2) is 4.98 Å². The van der Waals surface area contributed by atoms with Crippen LogP contribution in [0.3, 0.4) is 0 Å². The Bertz CT molecular complexity index is 798. The summed E-state index contributed by atoms with van der Waals surface area (Å²) in [6.45, 7) is 4.02. The summed E-state index contributed by atoms with van der Waals surface area (Å²) >= 11 is 0. The Labute approximate surface area is 147 Å². The molecule has 6 nitrogen and oxygen atoms in total. The van der Waals surface area contributed by atoms with Crippen LogP contribution in [-0.4, -0.2) is 21.5 Å². The number of aryl methyl sites for hydroxylation is 3. The molecule has 136 valence electrons. The van der Waals surface area contributed by atoms with Crippen LogP contribution in [-0.2, 0) is 11.3 Å². The molecule has 2 aromatic heterocycles. The van der Waals surface area contributed by atoms with Gasteiger partial charge in [0.25, 0.3) is 5.56 Å². The predicted octanol–water partition coefficient (Wildman–Crippen LogP) is 3.23. The summed E-state index contributed by atoms with van der Waals surface area (Å²) in [6.07, 6.45) is 10.1. The van der Waals surface area contributed by atoms with Gasteiger partial charge >= 0.3 is 0 Å². The second-order valence-electron chi connectivity index (χ2n) is 7.07. The van der Waals surface area contributed by atoms with Gasteiger partial charge in [0, 0.05) is 24.6 Å². The lowest BCUT2D eigenvalue weighted by Crippen LogP contribution is -2.36. The SMILES string of the molecule is Cc1oc2ncn(CCC(=O)NC3CCCCCCC3)c(=O)c2c1C. The van der Waals surface area contributed by atoms with Gasteiger partial charge < -0.3 is 9.73 Å². The maximum atomic E-state index is 12.6. The number of carbonyl (C=O) groups excluding carboxylic acids is 1. The van der Waals surface area contributed by atoms with Crippen LogP contribution in [0.1, 0.15) is 62.7 Å². The molecule has 0 aliphatic heterocycles. The van der Waals surface area contributed by atoms with Gasteiger partial charge in [-0.15, -0.1) is 0 Å². The molecule has 0 saturated heterocycles. The lowest BCUT2D eigenvalue weighted by molar-refractivity contribution is -0.122. The van der Waals surface area contributed by atoms with Crippen molar-refractivity contribution in [2.24, 2.45) is 0 Å². The lowest BCUT2D eigenvalue weighted by Gasteiger charge is -2.21. The van der Waals surface area contributed by atoms with Crippen molar-refractivity contribution < 1.29 is 9.21 Å². The van der Waals surface area contributed by atoms with Crippen molar-refractivity contribution >= 4 is 17.0 Å². The van der Waals surface area contributed by atoms with E-state index in [1.54, 1.807) is 0 Å². The highest BCUT2D eigenvalue weighted by molar-refractivity contribution is 5.78. The summed E-state index contributed by atoms with van der Waals surface area (Å²) in [5.41, 5.74) is 1.05. The van der Waals surface area contributed by atoms with E-state index in [4.69, 9.17) is 4.42 Å². The average molecular weight is 345 g/mol. The standard InChI is InChI=1S/C19H27N3O3/c1-13-14(2)25-18-17(13)19(24)22(12-20-18)11-10-16(23)21-15-8-6-4-3-5-7-9-15/h12,15H,3-11H2,1-2H3,(H,21,23). The third kappa shape index (κ3) is 4.11. The van der Waals surface area contributed by atoms with E-state index in [2.05, 4.69) is 10.3 Å². The molecule has 25 heavy (non-hydrogen) atoms. The average Bonchev–Trinajstić information content (AvgIpc) is 2.84. The Kier molecular flexibility index (Phi) is 5.56. The van der Waals surface area contributed by atoms with E-state index < -0.39 is 0 Å². The van der Waals surface area contributed by atoms with Crippen LogP contribution < -0.4 is 10.9 Å². The number of hydrogen-bond donors (Lipinski definition) is 1. The minimum absolute atomic E-state index is 0.0117. The van der Waals surface area contributed by atoms with Crippen molar-refractivity contribution in [2.45, 2.75) is 77.8 Å². The zero-order valence-corrected chi connectivity index (χ0v) is 15.1. The van der Waals surface area contributed by atoms with Crippen molar-refractivity contribution in [2.75, 3.05) is 0 Å². The minimum atomic E-state index is -0.141. The Morgan fingerprint density at radius 2 is 1.92 bits per heavy atom. The molecule has 2 heterocycles. The first-order valence-electron chi connectivity index (χ1n) is 9.31. The molecular weight excluding hydrogens is 318 g/mol. The second-order valence-corrected chi connectivity index (χ2v) is 7.07. The summed E-state index contributed by atoms with van der Waals surface area (Å²) < 4.78 is 6.98. The van der Waals surface area contributed by atoms with E-state index >= 15 is 0 Å². The monoisotopic (exact) mass is 345 g/mol. The maximum absolute atomic E-state index is 12.6. The smallest absolute Gasteiger partial charge is 0.264 e. The number of carbonyl (C=O) groups is 1. The van der Waals surface area contributed by atoms with E-state index in [1.807, 2.05) is 13.8 Å². The molecule has 1 aliphatic carbocycles. The number of amides is 1. The van der Waals surface area contributed by atoms with Gasteiger partial charge in [-0.3, -0.25) is 14.2 Å². The van der Waals surface area contributed by atoms with Gasteiger partial charge in [-0.2, -0.15) is 0 Å². The van der Waals surface area contributed by atoms with Gasteiger partial charge in [0.15, 0.2) is 0 Å². The Hall–Kier alpha value is -2.11. The second kappa shape index (κ2) is 7.85. The normalized spacial score (nSPS) is 16.6. The molecule has 6 heteroatoms. The molecule has 1 fully saturated rings. The van der Waals surface area contributed by atoms with Crippen molar-refractivity contribution in [1.29, 1.82) is 0 Å². The van der Waals surface area contributed by atoms with Crippen LogP contribution in [0.25, 0.3) is 11.1 Å². The highest BCUT2D eigenvalue weighted by Gasteiger charge is 2.16.